The third kappa shape index (κ3) is 3.57. The summed E-state index contributed by atoms with van der Waals surface area (Å²) in [6.45, 7) is 2.11. The first-order valence-electron chi connectivity index (χ1n) is 9.09. The Labute approximate surface area is 160 Å². The zero-order valence-electron chi connectivity index (χ0n) is 16.1. The summed E-state index contributed by atoms with van der Waals surface area (Å²) in [7, 11) is 3.15. The summed E-state index contributed by atoms with van der Waals surface area (Å²) in [4.78, 5) is 54.2. The third-order valence-corrected chi connectivity index (χ3v) is 5.24. The standard InChI is InChI=1S/C17H24N6O5/c1-4-22(8-13(25)26)11-5-10(6-11)19-12(24)7-23-16(27)14-15(18-9-20(14)2)21(3)17(23)28/h9-11H,4-8H2,1-3H3,(H,19,24)(H,25,26). The third-order valence-electron chi connectivity index (χ3n) is 5.24. The number of imidazole rings is 1. The normalized spacial score (nSPS) is 19.0. The maximum atomic E-state index is 12.6. The molecule has 2 heterocycles. The molecular weight excluding hydrogens is 368 g/mol. The van der Waals surface area contributed by atoms with Gasteiger partial charge in [-0.15, -0.1) is 0 Å². The molecule has 2 aromatic rings. The van der Waals surface area contributed by atoms with E-state index in [1.165, 1.54) is 22.5 Å². The first kappa shape index (κ1) is 19.8. The number of carbonyl (C=O) groups is 2. The molecule has 0 aliphatic heterocycles. The molecule has 2 N–H and O–H groups in total. The first-order chi connectivity index (χ1) is 13.2. The van der Waals surface area contributed by atoms with Crippen molar-refractivity contribution in [2.24, 2.45) is 14.1 Å². The summed E-state index contributed by atoms with van der Waals surface area (Å²) < 4.78 is 3.66. The molecule has 0 bridgehead atoms. The number of carboxylic acids is 1. The van der Waals surface area contributed by atoms with Crippen molar-refractivity contribution < 1.29 is 14.7 Å². The fourth-order valence-corrected chi connectivity index (χ4v) is 3.63. The number of rotatable bonds is 7. The molecule has 152 valence electrons. The molecule has 0 saturated heterocycles. The Hall–Kier alpha value is -2.95. The molecule has 0 aromatic carbocycles. The smallest absolute Gasteiger partial charge is 0.332 e. The van der Waals surface area contributed by atoms with Crippen LogP contribution < -0.4 is 16.6 Å². The van der Waals surface area contributed by atoms with E-state index >= 15 is 0 Å². The fourth-order valence-electron chi connectivity index (χ4n) is 3.63. The van der Waals surface area contributed by atoms with E-state index in [1.807, 2.05) is 11.8 Å². The Morgan fingerprint density at radius 2 is 2.00 bits per heavy atom. The first-order valence-corrected chi connectivity index (χ1v) is 9.09. The number of carbonyl (C=O) groups excluding carboxylic acids is 1. The van der Waals surface area contributed by atoms with Gasteiger partial charge in [-0.3, -0.25) is 23.9 Å². The largest absolute Gasteiger partial charge is 0.480 e. The second-order valence-electron chi connectivity index (χ2n) is 7.11. The highest BCUT2D eigenvalue weighted by molar-refractivity contribution is 5.77. The molecule has 3 rings (SSSR count). The summed E-state index contributed by atoms with van der Waals surface area (Å²) in [5.41, 5.74) is -0.630. The van der Waals surface area contributed by atoms with Crippen molar-refractivity contribution in [3.63, 3.8) is 0 Å². The van der Waals surface area contributed by atoms with Crippen LogP contribution in [0.2, 0.25) is 0 Å². The molecule has 1 saturated carbocycles. The number of hydrogen-bond donors (Lipinski definition) is 2. The van der Waals surface area contributed by atoms with Crippen molar-refractivity contribution in [3.05, 3.63) is 27.2 Å². The average molecular weight is 392 g/mol. The van der Waals surface area contributed by atoms with Crippen LogP contribution in [0.5, 0.6) is 0 Å². The minimum atomic E-state index is -0.880. The summed E-state index contributed by atoms with van der Waals surface area (Å²) in [5.74, 6) is -1.31. The lowest BCUT2D eigenvalue weighted by atomic mass is 9.85. The van der Waals surface area contributed by atoms with Crippen molar-refractivity contribution in [1.29, 1.82) is 0 Å². The molecule has 0 unspecified atom stereocenters. The Balaban J connectivity index is 1.67. The lowest BCUT2D eigenvalue weighted by Crippen LogP contribution is -2.55. The van der Waals surface area contributed by atoms with E-state index in [-0.39, 0.29) is 36.3 Å². The number of nitrogens with zero attached hydrogens (tertiary/aromatic N) is 5. The molecule has 0 radical (unpaired) electrons. The zero-order valence-corrected chi connectivity index (χ0v) is 16.1. The van der Waals surface area contributed by atoms with Gasteiger partial charge >= 0.3 is 11.7 Å². The number of nitrogens with one attached hydrogen (secondary N) is 1. The quantitative estimate of drug-likeness (QED) is 0.585. The van der Waals surface area contributed by atoms with Crippen LogP contribution in [0.25, 0.3) is 11.2 Å². The maximum absolute atomic E-state index is 12.6. The molecule has 0 atom stereocenters. The zero-order chi connectivity index (χ0) is 20.6. The summed E-state index contributed by atoms with van der Waals surface area (Å²) in [6.07, 6.45) is 2.72. The molecule has 1 fully saturated rings. The van der Waals surface area contributed by atoms with Gasteiger partial charge in [-0.2, -0.15) is 0 Å². The number of carboxylic acid groups (broad SMARTS) is 1. The molecule has 11 nitrogen and oxygen atoms in total. The van der Waals surface area contributed by atoms with E-state index < -0.39 is 23.1 Å². The van der Waals surface area contributed by atoms with E-state index in [2.05, 4.69) is 10.3 Å². The molecule has 1 aliphatic rings. The van der Waals surface area contributed by atoms with Crippen molar-refractivity contribution in [2.45, 2.75) is 38.4 Å². The minimum Gasteiger partial charge on any atom is -0.480 e. The summed E-state index contributed by atoms with van der Waals surface area (Å²) in [5, 5.41) is 11.7. The van der Waals surface area contributed by atoms with Crippen molar-refractivity contribution in [3.8, 4) is 0 Å². The molecule has 1 amide bonds. The lowest BCUT2D eigenvalue weighted by Gasteiger charge is -2.42. The number of fused-ring (bicyclic) bond motifs is 1. The van der Waals surface area contributed by atoms with Crippen LogP contribution in [0.15, 0.2) is 15.9 Å². The minimum absolute atomic E-state index is 0.0298. The van der Waals surface area contributed by atoms with E-state index in [0.717, 1.165) is 4.57 Å². The van der Waals surface area contributed by atoms with Crippen molar-refractivity contribution in [2.75, 3.05) is 13.1 Å². The van der Waals surface area contributed by atoms with Gasteiger partial charge < -0.3 is 15.0 Å². The van der Waals surface area contributed by atoms with Crippen molar-refractivity contribution >= 4 is 23.0 Å². The monoisotopic (exact) mass is 392 g/mol. The van der Waals surface area contributed by atoms with E-state index in [4.69, 9.17) is 5.11 Å². The average Bonchev–Trinajstić information content (AvgIpc) is 2.99. The molecule has 28 heavy (non-hydrogen) atoms. The van der Waals surface area contributed by atoms with E-state index in [1.54, 1.807) is 7.05 Å². The fraction of sp³-hybridized carbons (Fsp3) is 0.588. The molecule has 0 spiro atoms. The molecule has 1 aliphatic carbocycles. The number of likely N-dealkylation sites (N-methyl/N-ethyl adjacent to an activating group) is 1. The number of aliphatic carboxylic acids is 1. The Kier molecular flexibility index (Phi) is 5.36. The van der Waals surface area contributed by atoms with E-state index in [9.17, 15) is 19.2 Å². The van der Waals surface area contributed by atoms with Crippen LogP contribution in [-0.4, -0.2) is 65.7 Å². The Morgan fingerprint density at radius 3 is 2.61 bits per heavy atom. The summed E-state index contributed by atoms with van der Waals surface area (Å²) >= 11 is 0. The van der Waals surface area contributed by atoms with Gasteiger partial charge in [-0.25, -0.2) is 14.3 Å². The van der Waals surface area contributed by atoms with Gasteiger partial charge in [0.1, 0.15) is 6.54 Å². The van der Waals surface area contributed by atoms with Crippen molar-refractivity contribution in [1.82, 2.24) is 28.9 Å². The second kappa shape index (κ2) is 7.58. The predicted octanol–water partition coefficient (Wildman–Crippen LogP) is -1.51. The van der Waals surface area contributed by atoms with Crippen LogP contribution in [0.1, 0.15) is 19.8 Å². The highest BCUT2D eigenvalue weighted by Gasteiger charge is 2.34. The van der Waals surface area contributed by atoms with Gasteiger partial charge in [0.15, 0.2) is 11.2 Å². The lowest BCUT2D eigenvalue weighted by molar-refractivity contribution is -0.139. The summed E-state index contributed by atoms with van der Waals surface area (Å²) in [6, 6.07) is 0.00752. The van der Waals surface area contributed by atoms with Crippen LogP contribution >= 0.6 is 0 Å². The number of hydrogen-bond acceptors (Lipinski definition) is 6. The molecule has 2 aromatic heterocycles. The Bertz CT molecular complexity index is 1030. The van der Waals surface area contributed by atoms with Crippen LogP contribution in [0, 0.1) is 0 Å². The number of aromatic nitrogens is 4. The predicted molar refractivity (Wildman–Crippen MR) is 100 cm³/mol. The van der Waals surface area contributed by atoms with Crippen LogP contribution in [-0.2, 0) is 30.2 Å². The highest BCUT2D eigenvalue weighted by atomic mass is 16.4. The van der Waals surface area contributed by atoms with Gasteiger partial charge in [-0.05, 0) is 19.4 Å². The number of aryl methyl sites for hydroxylation is 2. The van der Waals surface area contributed by atoms with Crippen LogP contribution in [0.4, 0.5) is 0 Å². The van der Waals surface area contributed by atoms with Gasteiger partial charge in [0.05, 0.1) is 12.9 Å². The van der Waals surface area contributed by atoms with Gasteiger partial charge in [0.25, 0.3) is 5.56 Å². The van der Waals surface area contributed by atoms with E-state index in [0.29, 0.717) is 19.4 Å². The van der Waals surface area contributed by atoms with Gasteiger partial charge in [0.2, 0.25) is 5.91 Å². The number of amides is 1. The molecular formula is C17H24N6O5. The molecule has 11 heteroatoms. The Morgan fingerprint density at radius 1 is 1.32 bits per heavy atom. The van der Waals surface area contributed by atoms with Gasteiger partial charge in [-0.1, -0.05) is 6.92 Å². The van der Waals surface area contributed by atoms with Gasteiger partial charge in [0, 0.05) is 26.2 Å². The topological polar surface area (TPSA) is 131 Å². The second-order valence-corrected chi connectivity index (χ2v) is 7.11. The SMILES string of the molecule is CCN(CC(=O)O)C1CC(NC(=O)Cn2c(=O)c3c(ncn3C)n(C)c2=O)C1. The van der Waals surface area contributed by atoms with Crippen LogP contribution in [0.3, 0.4) is 0 Å². The highest BCUT2D eigenvalue weighted by Crippen LogP contribution is 2.25. The maximum Gasteiger partial charge on any atom is 0.332 e.